The number of rotatable bonds is 6. The van der Waals surface area contributed by atoms with Crippen LogP contribution < -0.4 is 10.6 Å². The van der Waals surface area contributed by atoms with E-state index in [1.165, 1.54) is 45.6 Å². The summed E-state index contributed by atoms with van der Waals surface area (Å²) in [7, 11) is 4.05. The van der Waals surface area contributed by atoms with Crippen molar-refractivity contribution in [2.24, 2.45) is 10.9 Å². The zero-order valence-electron chi connectivity index (χ0n) is 13.8. The quantitative estimate of drug-likeness (QED) is 0.431. The molecule has 5 nitrogen and oxygen atoms in total. The molecule has 1 heterocycles. The van der Waals surface area contributed by atoms with Gasteiger partial charge >= 0.3 is 0 Å². The van der Waals surface area contributed by atoms with Gasteiger partial charge in [-0.1, -0.05) is 13.8 Å². The Hall–Kier alpha value is -0.810. The number of nitrogens with one attached hydrogen (secondary N) is 2. The zero-order chi connectivity index (χ0) is 14.8. The van der Waals surface area contributed by atoms with Gasteiger partial charge in [-0.15, -0.1) is 0 Å². The highest BCUT2D eigenvalue weighted by Gasteiger charge is 2.11. The van der Waals surface area contributed by atoms with Crippen LogP contribution in [0.2, 0.25) is 0 Å². The minimum Gasteiger partial charge on any atom is -0.356 e. The smallest absolute Gasteiger partial charge is 0.190 e. The lowest BCUT2D eigenvalue weighted by atomic mass is 10.2. The van der Waals surface area contributed by atoms with Gasteiger partial charge in [0.15, 0.2) is 5.96 Å². The number of guanidine groups is 1. The molecule has 0 saturated carbocycles. The number of hydrogen-bond donors (Lipinski definition) is 2. The van der Waals surface area contributed by atoms with Gasteiger partial charge in [-0.2, -0.15) is 0 Å². The van der Waals surface area contributed by atoms with Gasteiger partial charge in [0.05, 0.1) is 0 Å². The van der Waals surface area contributed by atoms with Gasteiger partial charge in [0.1, 0.15) is 0 Å². The average Bonchev–Trinajstić information content (AvgIpc) is 2.62. The molecule has 0 atom stereocenters. The molecule has 1 rings (SSSR count). The van der Waals surface area contributed by atoms with Crippen LogP contribution in [0, 0.1) is 5.92 Å². The SMILES string of the molecule is CN=C(NCCCN1CCCN(C)CC1)NCC(C)C. The Morgan fingerprint density at radius 2 is 1.95 bits per heavy atom. The summed E-state index contributed by atoms with van der Waals surface area (Å²) in [5.41, 5.74) is 0. The van der Waals surface area contributed by atoms with Crippen molar-refractivity contribution in [2.45, 2.75) is 26.7 Å². The van der Waals surface area contributed by atoms with E-state index in [0.29, 0.717) is 5.92 Å². The van der Waals surface area contributed by atoms with Gasteiger partial charge in [0.2, 0.25) is 0 Å². The van der Waals surface area contributed by atoms with Gasteiger partial charge < -0.3 is 20.4 Å². The largest absolute Gasteiger partial charge is 0.356 e. The Balaban J connectivity index is 2.11. The van der Waals surface area contributed by atoms with Crippen molar-refractivity contribution in [3.05, 3.63) is 0 Å². The minimum atomic E-state index is 0.641. The molecule has 2 N–H and O–H groups in total. The predicted octanol–water partition coefficient (Wildman–Crippen LogP) is 0.835. The maximum absolute atomic E-state index is 4.24. The normalized spacial score (nSPS) is 19.1. The monoisotopic (exact) mass is 283 g/mol. The Bertz CT molecular complexity index is 277. The summed E-state index contributed by atoms with van der Waals surface area (Å²) in [6.07, 6.45) is 2.47. The summed E-state index contributed by atoms with van der Waals surface area (Å²) in [6.45, 7) is 12.4. The Morgan fingerprint density at radius 3 is 2.65 bits per heavy atom. The Kier molecular flexibility index (Phi) is 8.62. The van der Waals surface area contributed by atoms with Gasteiger partial charge in [-0.25, -0.2) is 0 Å². The lowest BCUT2D eigenvalue weighted by Gasteiger charge is -2.20. The van der Waals surface area contributed by atoms with Crippen molar-refractivity contribution < 1.29 is 0 Å². The van der Waals surface area contributed by atoms with Crippen LogP contribution in [0.4, 0.5) is 0 Å². The number of likely N-dealkylation sites (N-methyl/N-ethyl adjacent to an activating group) is 1. The van der Waals surface area contributed by atoms with Crippen LogP contribution in [-0.4, -0.2) is 75.7 Å². The van der Waals surface area contributed by atoms with Gasteiger partial charge in [0, 0.05) is 33.2 Å². The van der Waals surface area contributed by atoms with E-state index in [1.807, 2.05) is 7.05 Å². The fraction of sp³-hybridized carbons (Fsp3) is 0.933. The van der Waals surface area contributed by atoms with Crippen molar-refractivity contribution in [2.75, 3.05) is 59.9 Å². The number of hydrogen-bond acceptors (Lipinski definition) is 3. The van der Waals surface area contributed by atoms with E-state index < -0.39 is 0 Å². The van der Waals surface area contributed by atoms with Gasteiger partial charge in [-0.3, -0.25) is 4.99 Å². The van der Waals surface area contributed by atoms with Crippen molar-refractivity contribution in [1.82, 2.24) is 20.4 Å². The van der Waals surface area contributed by atoms with Crippen molar-refractivity contribution in [1.29, 1.82) is 0 Å². The third kappa shape index (κ3) is 7.70. The molecule has 5 heteroatoms. The Morgan fingerprint density at radius 1 is 1.15 bits per heavy atom. The first kappa shape index (κ1) is 17.2. The van der Waals surface area contributed by atoms with E-state index in [1.54, 1.807) is 0 Å². The summed E-state index contributed by atoms with van der Waals surface area (Å²) in [6, 6.07) is 0. The van der Waals surface area contributed by atoms with E-state index in [0.717, 1.165) is 19.0 Å². The molecule has 0 aromatic heterocycles. The van der Waals surface area contributed by atoms with E-state index >= 15 is 0 Å². The molecule has 0 amide bonds. The van der Waals surface area contributed by atoms with E-state index in [9.17, 15) is 0 Å². The highest BCUT2D eigenvalue weighted by Crippen LogP contribution is 2.01. The molecule has 1 aliphatic rings. The summed E-state index contributed by atoms with van der Waals surface area (Å²) in [4.78, 5) is 9.25. The molecular formula is C15H33N5. The second kappa shape index (κ2) is 10.00. The fourth-order valence-electron chi connectivity index (χ4n) is 2.35. The molecule has 0 radical (unpaired) electrons. The first-order valence-corrected chi connectivity index (χ1v) is 7.97. The van der Waals surface area contributed by atoms with E-state index in [2.05, 4.69) is 46.3 Å². The Labute approximate surface area is 124 Å². The van der Waals surface area contributed by atoms with Crippen LogP contribution in [0.25, 0.3) is 0 Å². The summed E-state index contributed by atoms with van der Waals surface area (Å²) in [5.74, 6) is 1.57. The maximum atomic E-state index is 4.24. The van der Waals surface area contributed by atoms with Gasteiger partial charge in [-0.05, 0) is 45.4 Å². The third-order valence-electron chi connectivity index (χ3n) is 3.66. The highest BCUT2D eigenvalue weighted by molar-refractivity contribution is 5.79. The highest BCUT2D eigenvalue weighted by atomic mass is 15.2. The molecule has 0 spiro atoms. The van der Waals surface area contributed by atoms with Crippen molar-refractivity contribution in [3.63, 3.8) is 0 Å². The average molecular weight is 283 g/mol. The topological polar surface area (TPSA) is 42.9 Å². The fourth-order valence-corrected chi connectivity index (χ4v) is 2.35. The van der Waals surface area contributed by atoms with Crippen molar-refractivity contribution in [3.8, 4) is 0 Å². The molecular weight excluding hydrogens is 250 g/mol. The van der Waals surface area contributed by atoms with Crippen LogP contribution in [0.15, 0.2) is 4.99 Å². The molecule has 1 fully saturated rings. The van der Waals surface area contributed by atoms with Crippen LogP contribution >= 0.6 is 0 Å². The third-order valence-corrected chi connectivity index (χ3v) is 3.66. The lowest BCUT2D eigenvalue weighted by Crippen LogP contribution is -2.40. The summed E-state index contributed by atoms with van der Waals surface area (Å²) in [5, 5.41) is 6.73. The number of nitrogens with zero attached hydrogens (tertiary/aromatic N) is 3. The van der Waals surface area contributed by atoms with E-state index in [4.69, 9.17) is 0 Å². The first-order chi connectivity index (χ1) is 9.61. The summed E-state index contributed by atoms with van der Waals surface area (Å²) >= 11 is 0. The van der Waals surface area contributed by atoms with Crippen LogP contribution in [0.5, 0.6) is 0 Å². The molecule has 118 valence electrons. The standard InChI is InChI=1S/C15H33N5/c1-14(2)13-18-15(16-3)17-7-5-9-20-10-6-8-19(4)11-12-20/h14H,5-13H2,1-4H3,(H2,16,17,18). The molecule has 0 bridgehead atoms. The maximum Gasteiger partial charge on any atom is 0.190 e. The van der Waals surface area contributed by atoms with Gasteiger partial charge in [0.25, 0.3) is 0 Å². The number of aliphatic imine (C=N–C) groups is 1. The van der Waals surface area contributed by atoms with Crippen molar-refractivity contribution >= 4 is 5.96 Å². The zero-order valence-corrected chi connectivity index (χ0v) is 13.8. The second-order valence-electron chi connectivity index (χ2n) is 6.13. The van der Waals surface area contributed by atoms with Crippen LogP contribution in [0.1, 0.15) is 26.7 Å². The molecule has 0 aromatic carbocycles. The van der Waals surface area contributed by atoms with E-state index in [-0.39, 0.29) is 0 Å². The predicted molar refractivity (Wildman–Crippen MR) is 87.4 cm³/mol. The lowest BCUT2D eigenvalue weighted by molar-refractivity contribution is 0.274. The summed E-state index contributed by atoms with van der Waals surface area (Å²) < 4.78 is 0. The molecule has 0 unspecified atom stereocenters. The minimum absolute atomic E-state index is 0.641. The first-order valence-electron chi connectivity index (χ1n) is 7.97. The van der Waals surface area contributed by atoms with Crippen LogP contribution in [-0.2, 0) is 0 Å². The van der Waals surface area contributed by atoms with Crippen LogP contribution in [0.3, 0.4) is 0 Å². The molecule has 1 saturated heterocycles. The second-order valence-corrected chi connectivity index (χ2v) is 6.13. The molecule has 0 aliphatic carbocycles. The molecule has 20 heavy (non-hydrogen) atoms. The molecule has 0 aromatic rings. The molecule has 1 aliphatic heterocycles.